The molecule has 2 amide bonds. The van der Waals surface area contributed by atoms with Crippen LogP contribution in [0.15, 0.2) is 85.3 Å². The molecule has 0 saturated carbocycles. The van der Waals surface area contributed by atoms with Gasteiger partial charge in [-0.3, -0.25) is 9.97 Å². The summed E-state index contributed by atoms with van der Waals surface area (Å²) in [5, 5.41) is 4.67. The second-order valence-electron chi connectivity index (χ2n) is 7.61. The van der Waals surface area contributed by atoms with Crippen LogP contribution in [0.25, 0.3) is 22.3 Å². The molecule has 3 aromatic carbocycles. The Morgan fingerprint density at radius 2 is 1.61 bits per heavy atom. The van der Waals surface area contributed by atoms with Crippen molar-refractivity contribution < 1.29 is 22.7 Å². The SMILES string of the molecule is O=C(Nc1cccc(F)c1)Nc1cc(F)c(Oc2ccc3ncc(-c4cccnc4)nc3c2)c(F)c1. The highest BCUT2D eigenvalue weighted by Crippen LogP contribution is 2.32. The van der Waals surface area contributed by atoms with E-state index in [0.717, 1.165) is 23.8 Å². The zero-order valence-corrected chi connectivity index (χ0v) is 18.4. The van der Waals surface area contributed by atoms with Crippen LogP contribution in [-0.2, 0) is 0 Å². The number of hydrogen-bond acceptors (Lipinski definition) is 5. The van der Waals surface area contributed by atoms with Crippen molar-refractivity contribution in [1.82, 2.24) is 15.0 Å². The summed E-state index contributed by atoms with van der Waals surface area (Å²) >= 11 is 0. The van der Waals surface area contributed by atoms with Crippen LogP contribution in [0.3, 0.4) is 0 Å². The van der Waals surface area contributed by atoms with Gasteiger partial charge < -0.3 is 15.4 Å². The molecule has 0 saturated heterocycles. The number of ether oxygens (including phenoxy) is 1. The average molecular weight is 487 g/mol. The first kappa shape index (κ1) is 22.8. The van der Waals surface area contributed by atoms with Crippen molar-refractivity contribution in [2.45, 2.75) is 0 Å². The van der Waals surface area contributed by atoms with E-state index in [9.17, 15) is 18.0 Å². The van der Waals surface area contributed by atoms with E-state index in [4.69, 9.17) is 4.74 Å². The molecule has 0 unspecified atom stereocenters. The van der Waals surface area contributed by atoms with E-state index < -0.39 is 29.2 Å². The number of rotatable bonds is 5. The Bertz CT molecular complexity index is 1560. The lowest BCUT2D eigenvalue weighted by Crippen LogP contribution is -2.19. The first-order chi connectivity index (χ1) is 17.4. The largest absolute Gasteiger partial charge is 0.451 e. The molecule has 10 heteroatoms. The van der Waals surface area contributed by atoms with Crippen molar-refractivity contribution in [3.8, 4) is 22.8 Å². The summed E-state index contributed by atoms with van der Waals surface area (Å²) in [6.07, 6.45) is 4.90. The van der Waals surface area contributed by atoms with Crippen LogP contribution >= 0.6 is 0 Å². The number of hydrogen-bond donors (Lipinski definition) is 2. The fraction of sp³-hybridized carbons (Fsp3) is 0. The summed E-state index contributed by atoms with van der Waals surface area (Å²) in [6.45, 7) is 0. The standard InChI is InChI=1S/C26H16F3N5O2/c27-16-4-1-5-17(9-16)32-26(35)33-18-10-20(28)25(21(29)11-18)36-19-6-7-22-23(12-19)34-24(14-31-22)15-3-2-8-30-13-15/h1-14H,(H2,32,33,35). The lowest BCUT2D eigenvalue weighted by Gasteiger charge is -2.12. The van der Waals surface area contributed by atoms with E-state index in [2.05, 4.69) is 25.6 Å². The molecule has 0 fully saturated rings. The van der Waals surface area contributed by atoms with Crippen molar-refractivity contribution in [3.05, 3.63) is 103 Å². The molecule has 0 aliphatic carbocycles. The van der Waals surface area contributed by atoms with Gasteiger partial charge in [0, 0.05) is 47.5 Å². The van der Waals surface area contributed by atoms with Crippen molar-refractivity contribution >= 4 is 28.4 Å². The molecule has 2 N–H and O–H groups in total. The van der Waals surface area contributed by atoms with Gasteiger partial charge >= 0.3 is 6.03 Å². The predicted molar refractivity (Wildman–Crippen MR) is 128 cm³/mol. The summed E-state index contributed by atoms with van der Waals surface area (Å²) in [7, 11) is 0. The van der Waals surface area contributed by atoms with Crippen LogP contribution in [0.2, 0.25) is 0 Å². The molecule has 0 spiro atoms. The molecular weight excluding hydrogens is 471 g/mol. The normalized spacial score (nSPS) is 10.8. The number of anilines is 2. The molecule has 2 aromatic heterocycles. The topological polar surface area (TPSA) is 89.0 Å². The maximum absolute atomic E-state index is 14.7. The first-order valence-electron chi connectivity index (χ1n) is 10.6. The summed E-state index contributed by atoms with van der Waals surface area (Å²) < 4.78 is 48.1. The van der Waals surface area contributed by atoms with E-state index in [1.165, 1.54) is 30.3 Å². The highest BCUT2D eigenvalue weighted by molar-refractivity contribution is 5.99. The van der Waals surface area contributed by atoms with E-state index >= 15 is 0 Å². The molecule has 36 heavy (non-hydrogen) atoms. The Balaban J connectivity index is 1.34. The second-order valence-corrected chi connectivity index (χ2v) is 7.61. The molecule has 5 aromatic rings. The first-order valence-corrected chi connectivity index (χ1v) is 10.6. The van der Waals surface area contributed by atoms with Crippen LogP contribution in [-0.4, -0.2) is 21.0 Å². The van der Waals surface area contributed by atoms with Gasteiger partial charge in [0.1, 0.15) is 11.6 Å². The Kier molecular flexibility index (Phi) is 6.14. The molecular formula is C26H16F3N5O2. The molecule has 178 valence electrons. The monoisotopic (exact) mass is 487 g/mol. The fourth-order valence-corrected chi connectivity index (χ4v) is 3.42. The molecule has 0 radical (unpaired) electrons. The van der Waals surface area contributed by atoms with Gasteiger partial charge in [0.05, 0.1) is 22.9 Å². The van der Waals surface area contributed by atoms with E-state index in [1.807, 2.05) is 6.07 Å². The molecule has 0 bridgehead atoms. The van der Waals surface area contributed by atoms with Crippen molar-refractivity contribution in [2.75, 3.05) is 10.6 Å². The average Bonchev–Trinajstić information content (AvgIpc) is 2.86. The van der Waals surface area contributed by atoms with Crippen LogP contribution in [0.1, 0.15) is 0 Å². The van der Waals surface area contributed by atoms with Gasteiger partial charge in [-0.2, -0.15) is 0 Å². The van der Waals surface area contributed by atoms with Crippen LogP contribution in [0.4, 0.5) is 29.3 Å². The summed E-state index contributed by atoms with van der Waals surface area (Å²) in [5.74, 6) is -3.12. The van der Waals surface area contributed by atoms with Crippen molar-refractivity contribution in [2.24, 2.45) is 0 Å². The number of aromatic nitrogens is 3. The smallest absolute Gasteiger partial charge is 0.323 e. The van der Waals surface area contributed by atoms with Crippen molar-refractivity contribution in [3.63, 3.8) is 0 Å². The molecule has 0 atom stereocenters. The zero-order valence-electron chi connectivity index (χ0n) is 18.4. The number of carbonyl (C=O) groups excluding carboxylic acids is 1. The van der Waals surface area contributed by atoms with Gasteiger partial charge in [-0.1, -0.05) is 6.07 Å². The van der Waals surface area contributed by atoms with Crippen LogP contribution in [0, 0.1) is 17.5 Å². The summed E-state index contributed by atoms with van der Waals surface area (Å²) in [5.41, 5.74) is 2.40. The number of fused-ring (bicyclic) bond motifs is 1. The molecule has 0 aliphatic heterocycles. The fourth-order valence-electron chi connectivity index (χ4n) is 3.42. The third kappa shape index (κ3) is 5.07. The Hall–Kier alpha value is -4.99. The van der Waals surface area contributed by atoms with E-state index in [0.29, 0.717) is 16.7 Å². The van der Waals surface area contributed by atoms with Crippen LogP contribution < -0.4 is 15.4 Å². The third-order valence-corrected chi connectivity index (χ3v) is 5.03. The highest BCUT2D eigenvalue weighted by Gasteiger charge is 2.16. The van der Waals surface area contributed by atoms with Gasteiger partial charge in [-0.15, -0.1) is 0 Å². The maximum atomic E-state index is 14.7. The van der Waals surface area contributed by atoms with Crippen LogP contribution in [0.5, 0.6) is 11.5 Å². The lowest BCUT2D eigenvalue weighted by molar-refractivity contribution is 0.262. The van der Waals surface area contributed by atoms with E-state index in [1.54, 1.807) is 30.7 Å². The number of pyridine rings is 1. The minimum absolute atomic E-state index is 0.141. The quantitative estimate of drug-likeness (QED) is 0.294. The molecule has 0 aliphatic rings. The number of halogens is 3. The zero-order chi connectivity index (χ0) is 25.1. The molecule has 5 rings (SSSR count). The van der Waals surface area contributed by atoms with Gasteiger partial charge in [0.15, 0.2) is 17.4 Å². The number of benzene rings is 3. The second kappa shape index (κ2) is 9.71. The minimum Gasteiger partial charge on any atom is -0.451 e. The summed E-state index contributed by atoms with van der Waals surface area (Å²) in [6, 6.07) is 14.5. The van der Waals surface area contributed by atoms with Gasteiger partial charge in [0.2, 0.25) is 0 Å². The number of nitrogens with one attached hydrogen (secondary N) is 2. The highest BCUT2D eigenvalue weighted by atomic mass is 19.1. The van der Waals surface area contributed by atoms with Gasteiger partial charge in [-0.05, 0) is 42.5 Å². The third-order valence-electron chi connectivity index (χ3n) is 5.03. The Morgan fingerprint density at radius 3 is 2.36 bits per heavy atom. The van der Waals surface area contributed by atoms with Crippen molar-refractivity contribution in [1.29, 1.82) is 0 Å². The van der Waals surface area contributed by atoms with Gasteiger partial charge in [0.25, 0.3) is 0 Å². The summed E-state index contributed by atoms with van der Waals surface area (Å²) in [4.78, 5) is 25.1. The minimum atomic E-state index is -1.04. The van der Waals surface area contributed by atoms with E-state index in [-0.39, 0.29) is 17.1 Å². The Labute approximate surface area is 202 Å². The lowest BCUT2D eigenvalue weighted by atomic mass is 10.2. The number of nitrogens with zero attached hydrogens (tertiary/aromatic N) is 3. The maximum Gasteiger partial charge on any atom is 0.323 e. The van der Waals surface area contributed by atoms with Gasteiger partial charge in [-0.25, -0.2) is 22.9 Å². The predicted octanol–water partition coefficient (Wildman–Crippen LogP) is 6.55. The number of carbonyl (C=O) groups is 1. The number of amides is 2. The molecule has 7 nitrogen and oxygen atoms in total. The number of urea groups is 1. The molecule has 2 heterocycles. The Morgan fingerprint density at radius 1 is 0.806 bits per heavy atom.